The van der Waals surface area contributed by atoms with Crippen LogP contribution in [0.5, 0.6) is 0 Å². The molecule has 2 aromatic rings. The van der Waals surface area contributed by atoms with E-state index in [1.807, 2.05) is 11.3 Å². The first kappa shape index (κ1) is 11.9. The van der Waals surface area contributed by atoms with E-state index in [1.54, 1.807) is 0 Å². The second kappa shape index (κ2) is 5.25. The molecule has 2 atom stereocenters. The van der Waals surface area contributed by atoms with Gasteiger partial charge in [-0.05, 0) is 42.7 Å². The molecule has 1 nitrogen and oxygen atoms in total. The zero-order valence-electron chi connectivity index (χ0n) is 10.7. The highest BCUT2D eigenvalue weighted by molar-refractivity contribution is 7.10. The molecule has 2 heteroatoms. The summed E-state index contributed by atoms with van der Waals surface area (Å²) in [6.45, 7) is 2.27. The Morgan fingerprint density at radius 1 is 1.11 bits per heavy atom. The molecule has 1 heterocycles. The van der Waals surface area contributed by atoms with Crippen LogP contribution in [0.4, 0.5) is 0 Å². The van der Waals surface area contributed by atoms with Gasteiger partial charge in [-0.1, -0.05) is 36.4 Å². The molecule has 94 valence electrons. The molecule has 0 bridgehead atoms. The SMILES string of the molecule is CC(NC(c1ccccc1)C1CC1)c1cccs1. The van der Waals surface area contributed by atoms with Crippen LogP contribution in [0.2, 0.25) is 0 Å². The fraction of sp³-hybridized carbons (Fsp3) is 0.375. The normalized spacial score (nSPS) is 18.5. The average Bonchev–Trinajstić information content (AvgIpc) is 3.10. The first-order valence-corrected chi connectivity index (χ1v) is 7.57. The summed E-state index contributed by atoms with van der Waals surface area (Å²) in [6.07, 6.45) is 2.73. The fourth-order valence-electron chi connectivity index (χ4n) is 2.48. The lowest BCUT2D eigenvalue weighted by Crippen LogP contribution is -2.25. The highest BCUT2D eigenvalue weighted by Crippen LogP contribution is 2.42. The standard InChI is InChI=1S/C16H19NS/c1-12(15-8-5-11-18-15)17-16(14-9-10-14)13-6-3-2-4-7-13/h2-8,11-12,14,16-17H,9-10H2,1H3. The number of thiophene rings is 1. The minimum atomic E-state index is 0.441. The summed E-state index contributed by atoms with van der Waals surface area (Å²) < 4.78 is 0. The lowest BCUT2D eigenvalue weighted by molar-refractivity contribution is 0.431. The maximum absolute atomic E-state index is 3.81. The highest BCUT2D eigenvalue weighted by Gasteiger charge is 2.33. The second-order valence-electron chi connectivity index (χ2n) is 5.13. The third kappa shape index (κ3) is 2.65. The number of nitrogens with one attached hydrogen (secondary N) is 1. The van der Waals surface area contributed by atoms with Crippen molar-refractivity contribution in [1.82, 2.24) is 5.32 Å². The van der Waals surface area contributed by atoms with Crippen LogP contribution in [-0.4, -0.2) is 0 Å². The van der Waals surface area contributed by atoms with Gasteiger partial charge in [-0.15, -0.1) is 11.3 Å². The van der Waals surface area contributed by atoms with Crippen molar-refractivity contribution in [2.75, 3.05) is 0 Å². The molecular formula is C16H19NS. The largest absolute Gasteiger partial charge is 0.302 e. The van der Waals surface area contributed by atoms with E-state index >= 15 is 0 Å². The van der Waals surface area contributed by atoms with Crippen LogP contribution in [0, 0.1) is 5.92 Å². The zero-order chi connectivity index (χ0) is 12.4. The van der Waals surface area contributed by atoms with E-state index in [4.69, 9.17) is 0 Å². The predicted molar refractivity (Wildman–Crippen MR) is 77.8 cm³/mol. The van der Waals surface area contributed by atoms with Gasteiger partial charge in [0.25, 0.3) is 0 Å². The van der Waals surface area contributed by atoms with Gasteiger partial charge in [-0.25, -0.2) is 0 Å². The smallest absolute Gasteiger partial charge is 0.0391 e. The van der Waals surface area contributed by atoms with E-state index in [0.29, 0.717) is 12.1 Å². The van der Waals surface area contributed by atoms with Gasteiger partial charge in [0.15, 0.2) is 0 Å². The number of hydrogen-bond donors (Lipinski definition) is 1. The summed E-state index contributed by atoms with van der Waals surface area (Å²) in [5.74, 6) is 0.829. The van der Waals surface area contributed by atoms with Crippen molar-refractivity contribution in [3.05, 3.63) is 58.3 Å². The predicted octanol–water partition coefficient (Wildman–Crippen LogP) is 4.55. The highest BCUT2D eigenvalue weighted by atomic mass is 32.1. The van der Waals surface area contributed by atoms with Crippen molar-refractivity contribution in [1.29, 1.82) is 0 Å². The number of hydrogen-bond acceptors (Lipinski definition) is 2. The van der Waals surface area contributed by atoms with Gasteiger partial charge in [0, 0.05) is 17.0 Å². The Morgan fingerprint density at radius 2 is 1.89 bits per heavy atom. The monoisotopic (exact) mass is 257 g/mol. The van der Waals surface area contributed by atoms with Crippen LogP contribution in [0.1, 0.15) is 42.3 Å². The summed E-state index contributed by atoms with van der Waals surface area (Å²) in [7, 11) is 0. The van der Waals surface area contributed by atoms with Crippen molar-refractivity contribution in [2.24, 2.45) is 5.92 Å². The molecule has 0 saturated heterocycles. The number of rotatable bonds is 5. The molecule has 0 amide bonds. The van der Waals surface area contributed by atoms with Crippen LogP contribution >= 0.6 is 11.3 Å². The molecule has 1 aliphatic carbocycles. The van der Waals surface area contributed by atoms with Gasteiger partial charge < -0.3 is 5.32 Å². The number of benzene rings is 1. The maximum atomic E-state index is 3.81. The first-order chi connectivity index (χ1) is 8.84. The van der Waals surface area contributed by atoms with Gasteiger partial charge in [0.2, 0.25) is 0 Å². The Morgan fingerprint density at radius 3 is 2.50 bits per heavy atom. The van der Waals surface area contributed by atoms with E-state index in [0.717, 1.165) is 5.92 Å². The molecule has 1 aliphatic rings. The van der Waals surface area contributed by atoms with Gasteiger partial charge in [-0.3, -0.25) is 0 Å². The molecule has 0 aliphatic heterocycles. The van der Waals surface area contributed by atoms with Crippen LogP contribution in [0.3, 0.4) is 0 Å². The van der Waals surface area contributed by atoms with Gasteiger partial charge >= 0.3 is 0 Å². The molecule has 3 rings (SSSR count). The summed E-state index contributed by atoms with van der Waals surface area (Å²) in [4.78, 5) is 1.43. The van der Waals surface area contributed by atoms with E-state index in [1.165, 1.54) is 23.3 Å². The molecule has 1 fully saturated rings. The Kier molecular flexibility index (Phi) is 3.48. The Hall–Kier alpha value is -1.12. The van der Waals surface area contributed by atoms with Crippen LogP contribution in [0.25, 0.3) is 0 Å². The third-order valence-corrected chi connectivity index (χ3v) is 4.71. The lowest BCUT2D eigenvalue weighted by atomic mass is 10.0. The minimum Gasteiger partial charge on any atom is -0.302 e. The van der Waals surface area contributed by atoms with Crippen LogP contribution in [0.15, 0.2) is 47.8 Å². The first-order valence-electron chi connectivity index (χ1n) is 6.69. The van der Waals surface area contributed by atoms with Crippen LogP contribution in [-0.2, 0) is 0 Å². The van der Waals surface area contributed by atoms with Gasteiger partial charge in [0.1, 0.15) is 0 Å². The molecule has 1 aromatic carbocycles. The molecule has 2 unspecified atom stereocenters. The van der Waals surface area contributed by atoms with Gasteiger partial charge in [-0.2, -0.15) is 0 Å². The van der Waals surface area contributed by atoms with Crippen molar-refractivity contribution < 1.29 is 0 Å². The van der Waals surface area contributed by atoms with E-state index < -0.39 is 0 Å². The molecule has 0 radical (unpaired) electrons. The average molecular weight is 257 g/mol. The topological polar surface area (TPSA) is 12.0 Å². The maximum Gasteiger partial charge on any atom is 0.0391 e. The molecular weight excluding hydrogens is 238 g/mol. The lowest BCUT2D eigenvalue weighted by Gasteiger charge is -2.23. The van der Waals surface area contributed by atoms with Crippen LogP contribution < -0.4 is 5.32 Å². The molecule has 18 heavy (non-hydrogen) atoms. The van der Waals surface area contributed by atoms with Crippen molar-refractivity contribution >= 4 is 11.3 Å². The Balaban J connectivity index is 1.75. The Bertz CT molecular complexity index is 473. The minimum absolute atomic E-state index is 0.441. The summed E-state index contributed by atoms with van der Waals surface area (Å²) >= 11 is 1.84. The van der Waals surface area contributed by atoms with E-state index in [-0.39, 0.29) is 0 Å². The third-order valence-electron chi connectivity index (χ3n) is 3.65. The van der Waals surface area contributed by atoms with E-state index in [2.05, 4.69) is 60.1 Å². The van der Waals surface area contributed by atoms with Crippen molar-refractivity contribution in [3.63, 3.8) is 0 Å². The second-order valence-corrected chi connectivity index (χ2v) is 6.11. The quantitative estimate of drug-likeness (QED) is 0.828. The van der Waals surface area contributed by atoms with Crippen molar-refractivity contribution in [3.8, 4) is 0 Å². The zero-order valence-corrected chi connectivity index (χ0v) is 11.5. The Labute approximate surface area is 113 Å². The fourth-order valence-corrected chi connectivity index (χ4v) is 3.23. The molecule has 1 aromatic heterocycles. The molecule has 1 N–H and O–H groups in total. The molecule has 1 saturated carbocycles. The summed E-state index contributed by atoms with van der Waals surface area (Å²) in [5, 5.41) is 5.96. The van der Waals surface area contributed by atoms with Gasteiger partial charge in [0.05, 0.1) is 0 Å². The summed E-state index contributed by atoms with van der Waals surface area (Å²) in [6, 6.07) is 16.2. The summed E-state index contributed by atoms with van der Waals surface area (Å²) in [5.41, 5.74) is 1.43. The molecule has 0 spiro atoms. The van der Waals surface area contributed by atoms with E-state index in [9.17, 15) is 0 Å². The van der Waals surface area contributed by atoms with Crippen molar-refractivity contribution in [2.45, 2.75) is 31.8 Å².